The lowest BCUT2D eigenvalue weighted by Crippen LogP contribution is -2.52. The summed E-state index contributed by atoms with van der Waals surface area (Å²) >= 11 is 18.3. The molecule has 1 N–H and O–H groups in total. The van der Waals surface area contributed by atoms with Crippen LogP contribution < -0.4 is 10.2 Å². The number of piperazine rings is 1. The predicted octanol–water partition coefficient (Wildman–Crippen LogP) is 3.76. The molecule has 10 heteroatoms. The molecule has 2 aromatic rings. The number of rotatable bonds is 4. The Morgan fingerprint density at radius 3 is 2.34 bits per heavy atom. The number of carbonyl (C=O) groups is 3. The second-order valence-corrected chi connectivity index (χ2v) is 9.20. The molecule has 2 aromatic carbocycles. The average Bonchev–Trinajstić information content (AvgIpc) is 2.97. The SMILES string of the molecule is CC1(c2ccc(Cl)cc2Cl)NC(=O)N(CC(=O)N2CCN(c3cccc(Cl)c3)CC2)C1=O. The molecule has 0 aromatic heterocycles. The van der Waals surface area contributed by atoms with Gasteiger partial charge in [0.2, 0.25) is 5.91 Å². The van der Waals surface area contributed by atoms with E-state index in [1.165, 1.54) is 6.07 Å². The summed E-state index contributed by atoms with van der Waals surface area (Å²) in [5.74, 6) is -0.816. The summed E-state index contributed by atoms with van der Waals surface area (Å²) in [6.45, 7) is 3.46. The van der Waals surface area contributed by atoms with Gasteiger partial charge in [0.05, 0.1) is 0 Å². The van der Waals surface area contributed by atoms with Gasteiger partial charge in [-0.25, -0.2) is 4.79 Å². The van der Waals surface area contributed by atoms with Gasteiger partial charge in [-0.1, -0.05) is 46.9 Å². The molecular formula is C22H21Cl3N4O3. The highest BCUT2D eigenvalue weighted by atomic mass is 35.5. The van der Waals surface area contributed by atoms with E-state index in [1.807, 2.05) is 24.3 Å². The molecule has 0 saturated carbocycles. The predicted molar refractivity (Wildman–Crippen MR) is 124 cm³/mol. The Morgan fingerprint density at radius 2 is 1.69 bits per heavy atom. The molecule has 2 saturated heterocycles. The molecule has 2 heterocycles. The third-order valence-corrected chi connectivity index (χ3v) is 6.63. The standard InChI is InChI=1S/C22H21Cl3N4O3/c1-22(17-6-5-15(24)12-18(17)25)20(31)29(21(32)26-22)13-19(30)28-9-7-27(8-10-28)16-4-2-3-14(23)11-16/h2-6,11-12H,7-10,13H2,1H3,(H,26,32). The minimum Gasteiger partial charge on any atom is -0.368 e. The molecule has 0 aliphatic carbocycles. The Hall–Kier alpha value is -2.48. The van der Waals surface area contributed by atoms with Crippen molar-refractivity contribution in [3.05, 3.63) is 63.1 Å². The minimum atomic E-state index is -1.37. The summed E-state index contributed by atoms with van der Waals surface area (Å²) in [4.78, 5) is 43.3. The molecule has 0 radical (unpaired) electrons. The van der Waals surface area contributed by atoms with Crippen molar-refractivity contribution in [3.8, 4) is 0 Å². The largest absolute Gasteiger partial charge is 0.368 e. The van der Waals surface area contributed by atoms with Gasteiger partial charge in [-0.3, -0.25) is 14.5 Å². The minimum absolute atomic E-state index is 0.263. The van der Waals surface area contributed by atoms with E-state index >= 15 is 0 Å². The van der Waals surface area contributed by atoms with Gasteiger partial charge in [-0.05, 0) is 37.3 Å². The molecule has 4 rings (SSSR count). The zero-order chi connectivity index (χ0) is 23.0. The maximum Gasteiger partial charge on any atom is 0.325 e. The van der Waals surface area contributed by atoms with E-state index in [0.29, 0.717) is 41.8 Å². The smallest absolute Gasteiger partial charge is 0.325 e. The Morgan fingerprint density at radius 1 is 1.00 bits per heavy atom. The molecule has 1 atom stereocenters. The van der Waals surface area contributed by atoms with E-state index in [4.69, 9.17) is 34.8 Å². The maximum atomic E-state index is 13.1. The van der Waals surface area contributed by atoms with E-state index in [0.717, 1.165) is 10.6 Å². The lowest BCUT2D eigenvalue weighted by molar-refractivity contribution is -0.139. The molecule has 168 valence electrons. The number of hydrogen-bond donors (Lipinski definition) is 1. The number of nitrogens with zero attached hydrogens (tertiary/aromatic N) is 3. The normalized spacial score (nSPS) is 21.2. The van der Waals surface area contributed by atoms with Gasteiger partial charge in [0.25, 0.3) is 5.91 Å². The second kappa shape index (κ2) is 8.81. The summed E-state index contributed by atoms with van der Waals surface area (Å²) in [6, 6.07) is 11.6. The Kier molecular flexibility index (Phi) is 6.25. The number of hydrogen-bond acceptors (Lipinski definition) is 4. The van der Waals surface area contributed by atoms with Crippen molar-refractivity contribution in [2.24, 2.45) is 0 Å². The molecule has 4 amide bonds. The van der Waals surface area contributed by atoms with Crippen LogP contribution in [0, 0.1) is 0 Å². The van der Waals surface area contributed by atoms with Crippen LogP contribution in [0.25, 0.3) is 0 Å². The topological polar surface area (TPSA) is 73.0 Å². The first-order valence-electron chi connectivity index (χ1n) is 10.1. The van der Waals surface area contributed by atoms with Gasteiger partial charge in [0.15, 0.2) is 0 Å². The van der Waals surface area contributed by atoms with E-state index < -0.39 is 17.5 Å². The molecule has 32 heavy (non-hydrogen) atoms. The first-order valence-corrected chi connectivity index (χ1v) is 11.2. The van der Waals surface area contributed by atoms with Gasteiger partial charge in [0.1, 0.15) is 12.1 Å². The number of amides is 4. The molecule has 2 aliphatic rings. The summed E-state index contributed by atoms with van der Waals surface area (Å²) in [5.41, 5.74) is 0.0472. The highest BCUT2D eigenvalue weighted by Crippen LogP contribution is 2.35. The number of halogens is 3. The lowest BCUT2D eigenvalue weighted by atomic mass is 9.92. The number of benzene rings is 2. The van der Waals surface area contributed by atoms with Crippen LogP contribution in [0.2, 0.25) is 15.1 Å². The van der Waals surface area contributed by atoms with Gasteiger partial charge in [-0.15, -0.1) is 0 Å². The molecule has 1 unspecified atom stereocenters. The van der Waals surface area contributed by atoms with E-state index in [9.17, 15) is 14.4 Å². The van der Waals surface area contributed by atoms with Crippen molar-refractivity contribution >= 4 is 58.3 Å². The number of urea groups is 1. The van der Waals surface area contributed by atoms with Crippen molar-refractivity contribution in [1.29, 1.82) is 0 Å². The van der Waals surface area contributed by atoms with Crippen LogP contribution in [0.1, 0.15) is 12.5 Å². The Bertz CT molecular complexity index is 1090. The van der Waals surface area contributed by atoms with E-state index in [1.54, 1.807) is 24.0 Å². The molecule has 0 bridgehead atoms. The van der Waals surface area contributed by atoms with Crippen LogP contribution in [0.4, 0.5) is 10.5 Å². The van der Waals surface area contributed by atoms with Crippen LogP contribution >= 0.6 is 34.8 Å². The van der Waals surface area contributed by atoms with Gasteiger partial charge in [-0.2, -0.15) is 0 Å². The highest BCUT2D eigenvalue weighted by Gasteiger charge is 2.50. The molecule has 0 spiro atoms. The molecule has 7 nitrogen and oxygen atoms in total. The van der Waals surface area contributed by atoms with Crippen LogP contribution in [0.3, 0.4) is 0 Å². The van der Waals surface area contributed by atoms with Crippen LogP contribution in [-0.4, -0.2) is 60.4 Å². The maximum absolute atomic E-state index is 13.1. The molecule has 2 aliphatic heterocycles. The summed E-state index contributed by atoms with van der Waals surface area (Å²) < 4.78 is 0. The van der Waals surface area contributed by atoms with Gasteiger partial charge >= 0.3 is 6.03 Å². The van der Waals surface area contributed by atoms with Gasteiger partial charge in [0, 0.05) is 52.5 Å². The first-order chi connectivity index (χ1) is 15.2. The summed E-state index contributed by atoms with van der Waals surface area (Å²) in [7, 11) is 0. The first kappa shape index (κ1) is 22.7. The number of imide groups is 1. The van der Waals surface area contributed by atoms with Crippen LogP contribution in [-0.2, 0) is 15.1 Å². The van der Waals surface area contributed by atoms with Crippen molar-refractivity contribution in [3.63, 3.8) is 0 Å². The summed E-state index contributed by atoms with van der Waals surface area (Å²) in [5, 5.41) is 4.01. The summed E-state index contributed by atoms with van der Waals surface area (Å²) in [6.07, 6.45) is 0. The van der Waals surface area contributed by atoms with Crippen molar-refractivity contribution in [2.75, 3.05) is 37.6 Å². The third kappa shape index (κ3) is 4.25. The zero-order valence-electron chi connectivity index (χ0n) is 17.3. The quantitative estimate of drug-likeness (QED) is 0.656. The van der Waals surface area contributed by atoms with Crippen LogP contribution in [0.5, 0.6) is 0 Å². The Labute approximate surface area is 200 Å². The zero-order valence-corrected chi connectivity index (χ0v) is 19.5. The van der Waals surface area contributed by atoms with Crippen molar-refractivity contribution < 1.29 is 14.4 Å². The van der Waals surface area contributed by atoms with E-state index in [2.05, 4.69) is 10.2 Å². The average molecular weight is 496 g/mol. The number of anilines is 1. The third-order valence-electron chi connectivity index (χ3n) is 5.84. The van der Waals surface area contributed by atoms with Gasteiger partial charge < -0.3 is 15.1 Å². The molecular weight excluding hydrogens is 475 g/mol. The highest BCUT2D eigenvalue weighted by molar-refractivity contribution is 6.35. The fourth-order valence-electron chi connectivity index (χ4n) is 4.04. The van der Waals surface area contributed by atoms with Crippen LogP contribution in [0.15, 0.2) is 42.5 Å². The number of nitrogens with one attached hydrogen (secondary N) is 1. The number of carbonyl (C=O) groups excluding carboxylic acids is 3. The second-order valence-electron chi connectivity index (χ2n) is 7.92. The van der Waals surface area contributed by atoms with Crippen molar-refractivity contribution in [1.82, 2.24) is 15.1 Å². The Balaban J connectivity index is 1.41. The van der Waals surface area contributed by atoms with E-state index in [-0.39, 0.29) is 17.5 Å². The monoisotopic (exact) mass is 494 g/mol. The fraction of sp³-hybridized carbons (Fsp3) is 0.318. The fourth-order valence-corrected chi connectivity index (χ4v) is 4.82. The lowest BCUT2D eigenvalue weighted by Gasteiger charge is -2.36. The molecule has 2 fully saturated rings. The van der Waals surface area contributed by atoms with Crippen molar-refractivity contribution in [2.45, 2.75) is 12.5 Å².